The van der Waals surface area contributed by atoms with Gasteiger partial charge in [0, 0.05) is 18.8 Å². The van der Waals surface area contributed by atoms with Crippen molar-refractivity contribution < 1.29 is 8.42 Å². The first kappa shape index (κ1) is 13.9. The molecule has 0 saturated carbocycles. The van der Waals surface area contributed by atoms with Crippen LogP contribution in [0.3, 0.4) is 0 Å². The van der Waals surface area contributed by atoms with Gasteiger partial charge in [0.2, 0.25) is 0 Å². The average molecular weight is 248 g/mol. The number of nitrogens with two attached hydrogens (primary N) is 1. The minimum absolute atomic E-state index is 0.292. The molecule has 1 unspecified atom stereocenters. The average Bonchev–Trinajstić information content (AvgIpc) is 2.41. The van der Waals surface area contributed by atoms with Crippen LogP contribution in [0.2, 0.25) is 0 Å². The van der Waals surface area contributed by atoms with E-state index in [0.29, 0.717) is 18.3 Å². The van der Waals surface area contributed by atoms with E-state index in [4.69, 9.17) is 5.73 Å². The van der Waals surface area contributed by atoms with E-state index in [0.717, 1.165) is 25.9 Å². The molecule has 0 bridgehead atoms. The van der Waals surface area contributed by atoms with Gasteiger partial charge in [0.25, 0.3) is 0 Å². The van der Waals surface area contributed by atoms with Gasteiger partial charge >= 0.3 is 0 Å². The second kappa shape index (κ2) is 6.57. The number of likely N-dealkylation sites (tertiary alicyclic amines) is 1. The van der Waals surface area contributed by atoms with E-state index in [9.17, 15) is 8.42 Å². The monoisotopic (exact) mass is 248 g/mol. The maximum absolute atomic E-state index is 11.0. The molecule has 1 saturated heterocycles. The Morgan fingerprint density at radius 1 is 1.31 bits per heavy atom. The van der Waals surface area contributed by atoms with Crippen LogP contribution in [0.15, 0.2) is 0 Å². The summed E-state index contributed by atoms with van der Waals surface area (Å²) in [6.07, 6.45) is 6.94. The van der Waals surface area contributed by atoms with Crippen molar-refractivity contribution in [3.8, 4) is 0 Å². The molecular weight excluding hydrogens is 224 g/mol. The third-order valence-electron chi connectivity index (χ3n) is 3.23. The molecule has 5 heteroatoms. The highest BCUT2D eigenvalue weighted by Gasteiger charge is 2.19. The lowest BCUT2D eigenvalue weighted by Gasteiger charge is -2.28. The summed E-state index contributed by atoms with van der Waals surface area (Å²) in [4.78, 5) is 2.37. The SMILES string of the molecule is CS(=O)(=O)CCCN1CCCCCC1CN. The highest BCUT2D eigenvalue weighted by molar-refractivity contribution is 7.90. The Morgan fingerprint density at radius 2 is 2.06 bits per heavy atom. The standard InChI is InChI=1S/C11H24N2O2S/c1-16(14,15)9-5-8-13-7-4-2-3-6-11(13)10-12/h11H,2-10,12H2,1H3. The highest BCUT2D eigenvalue weighted by Crippen LogP contribution is 2.16. The lowest BCUT2D eigenvalue weighted by atomic mass is 10.1. The van der Waals surface area contributed by atoms with E-state index in [1.54, 1.807) is 0 Å². The van der Waals surface area contributed by atoms with Crippen LogP contribution < -0.4 is 5.73 Å². The molecule has 16 heavy (non-hydrogen) atoms. The Hall–Kier alpha value is -0.130. The molecule has 0 amide bonds. The fraction of sp³-hybridized carbons (Fsp3) is 1.00. The van der Waals surface area contributed by atoms with Crippen molar-refractivity contribution in [2.24, 2.45) is 5.73 Å². The van der Waals surface area contributed by atoms with E-state index >= 15 is 0 Å². The van der Waals surface area contributed by atoms with Gasteiger partial charge in [-0.2, -0.15) is 0 Å². The number of sulfone groups is 1. The second-order valence-electron chi connectivity index (χ2n) is 4.76. The zero-order chi connectivity index (χ0) is 12.0. The van der Waals surface area contributed by atoms with Crippen molar-refractivity contribution >= 4 is 9.84 Å². The minimum atomic E-state index is -2.82. The van der Waals surface area contributed by atoms with E-state index in [1.807, 2.05) is 0 Å². The number of hydrogen-bond acceptors (Lipinski definition) is 4. The largest absolute Gasteiger partial charge is 0.329 e. The van der Waals surface area contributed by atoms with Crippen LogP contribution in [0.25, 0.3) is 0 Å². The normalized spacial score (nSPS) is 24.2. The molecule has 96 valence electrons. The predicted molar refractivity (Wildman–Crippen MR) is 67.2 cm³/mol. The minimum Gasteiger partial charge on any atom is -0.329 e. The van der Waals surface area contributed by atoms with Gasteiger partial charge in [-0.15, -0.1) is 0 Å². The van der Waals surface area contributed by atoms with Gasteiger partial charge in [-0.1, -0.05) is 12.8 Å². The third kappa shape index (κ3) is 5.27. The highest BCUT2D eigenvalue weighted by atomic mass is 32.2. The lowest BCUT2D eigenvalue weighted by Crippen LogP contribution is -2.41. The van der Waals surface area contributed by atoms with Crippen LogP contribution in [0.1, 0.15) is 32.1 Å². The van der Waals surface area contributed by atoms with Crippen molar-refractivity contribution in [2.45, 2.75) is 38.1 Å². The van der Waals surface area contributed by atoms with Crippen LogP contribution >= 0.6 is 0 Å². The fourth-order valence-electron chi connectivity index (χ4n) is 2.33. The smallest absolute Gasteiger partial charge is 0.147 e. The van der Waals surface area contributed by atoms with Gasteiger partial charge in [-0.25, -0.2) is 8.42 Å². The van der Waals surface area contributed by atoms with Crippen molar-refractivity contribution in [3.05, 3.63) is 0 Å². The number of hydrogen-bond donors (Lipinski definition) is 1. The summed E-state index contributed by atoms with van der Waals surface area (Å²) >= 11 is 0. The van der Waals surface area contributed by atoms with Crippen molar-refractivity contribution in [1.29, 1.82) is 0 Å². The van der Waals surface area contributed by atoms with Crippen LogP contribution in [-0.4, -0.2) is 51.0 Å². The number of nitrogens with zero attached hydrogens (tertiary/aromatic N) is 1. The first-order chi connectivity index (χ1) is 7.53. The van der Waals surface area contributed by atoms with Gasteiger partial charge in [0.05, 0.1) is 5.75 Å². The maximum Gasteiger partial charge on any atom is 0.147 e. The molecule has 1 aliphatic heterocycles. The molecule has 0 aromatic carbocycles. The van der Waals surface area contributed by atoms with Crippen LogP contribution in [-0.2, 0) is 9.84 Å². The van der Waals surface area contributed by atoms with Crippen molar-refractivity contribution in [2.75, 3.05) is 31.6 Å². The zero-order valence-corrected chi connectivity index (χ0v) is 11.0. The molecule has 0 aromatic rings. The topological polar surface area (TPSA) is 63.4 Å². The van der Waals surface area contributed by atoms with E-state index < -0.39 is 9.84 Å². The molecule has 2 N–H and O–H groups in total. The summed E-state index contributed by atoms with van der Waals surface area (Å²) in [5.41, 5.74) is 5.76. The van der Waals surface area contributed by atoms with Crippen LogP contribution in [0.4, 0.5) is 0 Å². The summed E-state index contributed by atoms with van der Waals surface area (Å²) in [6, 6.07) is 0.460. The molecule has 0 aromatic heterocycles. The molecule has 1 atom stereocenters. The molecule has 1 heterocycles. The molecular formula is C11H24N2O2S. The predicted octanol–water partition coefficient (Wildman–Crippen LogP) is 0.624. The second-order valence-corrected chi connectivity index (χ2v) is 7.02. The Labute approximate surface area is 99.1 Å². The van der Waals surface area contributed by atoms with Gasteiger partial charge in [-0.05, 0) is 32.4 Å². The maximum atomic E-state index is 11.0. The quantitative estimate of drug-likeness (QED) is 0.775. The van der Waals surface area contributed by atoms with Crippen LogP contribution in [0, 0.1) is 0 Å². The molecule has 0 aliphatic carbocycles. The first-order valence-corrected chi connectivity index (χ1v) is 8.21. The fourth-order valence-corrected chi connectivity index (χ4v) is 2.98. The van der Waals surface area contributed by atoms with E-state index in [2.05, 4.69) is 4.90 Å². The molecule has 0 radical (unpaired) electrons. The Kier molecular flexibility index (Phi) is 5.72. The Morgan fingerprint density at radius 3 is 2.69 bits per heavy atom. The molecule has 1 rings (SSSR count). The Bertz CT molecular complexity index is 290. The van der Waals surface area contributed by atoms with Crippen molar-refractivity contribution in [1.82, 2.24) is 4.90 Å². The van der Waals surface area contributed by atoms with E-state index in [-0.39, 0.29) is 0 Å². The van der Waals surface area contributed by atoms with Crippen LogP contribution in [0.5, 0.6) is 0 Å². The third-order valence-corrected chi connectivity index (χ3v) is 4.26. The molecule has 4 nitrogen and oxygen atoms in total. The first-order valence-electron chi connectivity index (χ1n) is 6.15. The lowest BCUT2D eigenvalue weighted by molar-refractivity contribution is 0.205. The number of rotatable bonds is 5. The summed E-state index contributed by atoms with van der Waals surface area (Å²) in [5.74, 6) is 0.292. The van der Waals surface area contributed by atoms with E-state index in [1.165, 1.54) is 25.5 Å². The van der Waals surface area contributed by atoms with Crippen molar-refractivity contribution in [3.63, 3.8) is 0 Å². The molecule has 1 fully saturated rings. The van der Waals surface area contributed by atoms with Gasteiger partial charge in [0.15, 0.2) is 0 Å². The zero-order valence-electron chi connectivity index (χ0n) is 10.2. The summed E-state index contributed by atoms with van der Waals surface area (Å²) < 4.78 is 22.1. The van der Waals surface area contributed by atoms with Gasteiger partial charge < -0.3 is 5.73 Å². The summed E-state index contributed by atoms with van der Waals surface area (Å²) in [5, 5.41) is 0. The summed E-state index contributed by atoms with van der Waals surface area (Å²) in [7, 11) is -2.82. The molecule has 0 spiro atoms. The van der Waals surface area contributed by atoms with Gasteiger partial charge in [-0.3, -0.25) is 4.90 Å². The molecule has 1 aliphatic rings. The summed E-state index contributed by atoms with van der Waals surface area (Å²) in [6.45, 7) is 2.64. The Balaban J connectivity index is 2.37. The van der Waals surface area contributed by atoms with Gasteiger partial charge in [0.1, 0.15) is 9.84 Å².